The number of hydrogen-bond donors (Lipinski definition) is 1. The van der Waals surface area contributed by atoms with Gasteiger partial charge in [0.05, 0.1) is 35.4 Å². The van der Waals surface area contributed by atoms with Crippen molar-refractivity contribution in [3.8, 4) is 0 Å². The lowest BCUT2D eigenvalue weighted by Gasteiger charge is -2.34. The van der Waals surface area contributed by atoms with Gasteiger partial charge in [-0.1, -0.05) is 11.6 Å². The van der Waals surface area contributed by atoms with E-state index in [1.165, 1.54) is 0 Å². The predicted molar refractivity (Wildman–Crippen MR) is 137 cm³/mol. The van der Waals surface area contributed by atoms with Crippen LogP contribution in [0.1, 0.15) is 47.6 Å². The smallest absolute Gasteiger partial charge is 0.379 e. The first-order chi connectivity index (χ1) is 18.2. The largest absolute Gasteiger partial charge is 0.451 e. The molecule has 0 aliphatic carbocycles. The number of aromatic nitrogens is 3. The summed E-state index contributed by atoms with van der Waals surface area (Å²) >= 11 is 6.48. The number of alkyl halides is 3. The first-order valence-corrected chi connectivity index (χ1v) is 12.9. The number of benzene rings is 1. The van der Waals surface area contributed by atoms with E-state index in [1.807, 2.05) is 17.0 Å². The normalized spacial score (nSPS) is 19.6. The number of carbonyl (C=O) groups excluding carboxylic acids is 1. The minimum atomic E-state index is -4.63. The Hall–Kier alpha value is -3.02. The number of pyridine rings is 1. The molecule has 0 saturated carbocycles. The van der Waals surface area contributed by atoms with Gasteiger partial charge in [-0.2, -0.15) is 13.2 Å². The Morgan fingerprint density at radius 3 is 2.55 bits per heavy atom. The van der Waals surface area contributed by atoms with Crippen LogP contribution in [0.3, 0.4) is 0 Å². The lowest BCUT2D eigenvalue weighted by atomic mass is 10.1. The van der Waals surface area contributed by atoms with E-state index >= 15 is 0 Å². The third kappa shape index (κ3) is 5.55. The highest BCUT2D eigenvalue weighted by molar-refractivity contribution is 6.35. The van der Waals surface area contributed by atoms with Gasteiger partial charge in [-0.15, -0.1) is 0 Å². The van der Waals surface area contributed by atoms with Gasteiger partial charge in [-0.05, 0) is 44.0 Å². The summed E-state index contributed by atoms with van der Waals surface area (Å²) in [6, 6.07) is 7.20. The molecule has 1 N–H and O–H groups in total. The molecule has 8 nitrogen and oxygen atoms in total. The van der Waals surface area contributed by atoms with Crippen LogP contribution in [0.4, 0.5) is 19.0 Å². The molecule has 0 bridgehead atoms. The van der Waals surface area contributed by atoms with Crippen molar-refractivity contribution in [2.24, 2.45) is 0 Å². The maximum atomic E-state index is 13.4. The van der Waals surface area contributed by atoms with Crippen LogP contribution < -0.4 is 10.2 Å². The van der Waals surface area contributed by atoms with Gasteiger partial charge < -0.3 is 15.0 Å². The quantitative estimate of drug-likeness (QED) is 0.486. The van der Waals surface area contributed by atoms with E-state index in [0.717, 1.165) is 37.6 Å². The van der Waals surface area contributed by atoms with Gasteiger partial charge in [-0.25, -0.2) is 15.0 Å². The maximum Gasteiger partial charge on any atom is 0.451 e. The molecule has 2 atom stereocenters. The number of morpholine rings is 1. The van der Waals surface area contributed by atoms with Crippen LogP contribution in [-0.2, 0) is 10.9 Å². The summed E-state index contributed by atoms with van der Waals surface area (Å²) in [6.45, 7) is 5.30. The second-order valence-electron chi connectivity index (χ2n) is 9.56. The van der Waals surface area contributed by atoms with Crippen molar-refractivity contribution >= 4 is 34.2 Å². The first kappa shape index (κ1) is 26.6. The molecule has 3 aromatic rings. The summed E-state index contributed by atoms with van der Waals surface area (Å²) in [4.78, 5) is 29.5. The summed E-state index contributed by atoms with van der Waals surface area (Å²) in [7, 11) is 0. The monoisotopic (exact) mass is 548 g/mol. The Balaban J connectivity index is 1.39. The molecule has 2 aliphatic heterocycles. The van der Waals surface area contributed by atoms with Crippen molar-refractivity contribution in [1.29, 1.82) is 0 Å². The van der Waals surface area contributed by atoms with Crippen LogP contribution in [0.2, 0.25) is 5.02 Å². The fourth-order valence-corrected chi connectivity index (χ4v) is 5.36. The predicted octanol–water partition coefficient (Wildman–Crippen LogP) is 4.49. The zero-order valence-corrected chi connectivity index (χ0v) is 21.6. The number of ether oxygens (including phenoxy) is 1. The number of amides is 1. The van der Waals surface area contributed by atoms with Crippen LogP contribution in [0.25, 0.3) is 10.9 Å². The van der Waals surface area contributed by atoms with E-state index in [-0.39, 0.29) is 6.54 Å². The standard InChI is InChI=1S/C26H28ClF3N6O2/c1-16-3-2-8-36(16)22-7-4-18-20(34-22)6-5-19(27)23(18)24(37)31-15-21(35-9-11-38-12-10-35)17-13-32-25(33-14-17)26(28,29)30/h4-7,13-14,16,21H,2-3,8-12,15H2,1H3,(H,31,37)/t16-,21?/m0/s1. The SMILES string of the molecule is C[C@H]1CCCN1c1ccc2c(C(=O)NCC(c3cnc(C(F)(F)F)nc3)N3CCOCC3)c(Cl)ccc2n1. The van der Waals surface area contributed by atoms with Gasteiger partial charge in [0.2, 0.25) is 5.82 Å². The third-order valence-electron chi connectivity index (χ3n) is 7.13. The molecule has 202 valence electrons. The van der Waals surface area contributed by atoms with Gasteiger partial charge in [0.15, 0.2) is 0 Å². The lowest BCUT2D eigenvalue weighted by Crippen LogP contribution is -2.44. The summed E-state index contributed by atoms with van der Waals surface area (Å²) in [6.07, 6.45) is -0.0750. The van der Waals surface area contributed by atoms with E-state index in [2.05, 4.69) is 27.1 Å². The minimum Gasteiger partial charge on any atom is -0.379 e. The average molecular weight is 549 g/mol. The van der Waals surface area contributed by atoms with Crippen LogP contribution >= 0.6 is 11.6 Å². The zero-order valence-electron chi connectivity index (χ0n) is 20.8. The Bertz CT molecular complexity index is 1300. The Kier molecular flexibility index (Phi) is 7.69. The number of hydrogen-bond acceptors (Lipinski definition) is 7. The van der Waals surface area contributed by atoms with E-state index in [9.17, 15) is 18.0 Å². The zero-order chi connectivity index (χ0) is 26.9. The highest BCUT2D eigenvalue weighted by Crippen LogP contribution is 2.31. The summed E-state index contributed by atoms with van der Waals surface area (Å²) in [5, 5.41) is 3.85. The third-order valence-corrected chi connectivity index (χ3v) is 7.45. The average Bonchev–Trinajstić information content (AvgIpc) is 3.34. The highest BCUT2D eigenvalue weighted by Gasteiger charge is 2.35. The van der Waals surface area contributed by atoms with Crippen LogP contribution in [0.15, 0.2) is 36.7 Å². The number of fused-ring (bicyclic) bond motifs is 1. The number of halogens is 4. The minimum absolute atomic E-state index is 0.122. The Labute approximate surface area is 223 Å². The van der Waals surface area contributed by atoms with Crippen molar-refractivity contribution < 1.29 is 22.7 Å². The summed E-state index contributed by atoms with van der Waals surface area (Å²) in [5.41, 5.74) is 1.44. The molecule has 2 saturated heterocycles. The second kappa shape index (κ2) is 11.0. The molecule has 1 unspecified atom stereocenters. The lowest BCUT2D eigenvalue weighted by molar-refractivity contribution is -0.145. The van der Waals surface area contributed by atoms with Gasteiger partial charge in [0.25, 0.3) is 5.91 Å². The Morgan fingerprint density at radius 2 is 1.89 bits per heavy atom. The van der Waals surface area contributed by atoms with Gasteiger partial charge in [0, 0.05) is 55.6 Å². The number of nitrogens with zero attached hydrogens (tertiary/aromatic N) is 5. The molecule has 5 rings (SSSR count). The molecule has 0 spiro atoms. The highest BCUT2D eigenvalue weighted by atomic mass is 35.5. The number of carbonyl (C=O) groups is 1. The molecule has 1 amide bonds. The number of nitrogens with one attached hydrogen (secondary N) is 1. The molecular formula is C26H28ClF3N6O2. The van der Waals surface area contributed by atoms with Crippen molar-refractivity contribution in [2.75, 3.05) is 44.3 Å². The van der Waals surface area contributed by atoms with E-state index < -0.39 is 23.9 Å². The van der Waals surface area contributed by atoms with Crippen LogP contribution in [-0.4, -0.2) is 71.2 Å². The molecule has 2 aliphatic rings. The first-order valence-electron chi connectivity index (χ1n) is 12.6. The maximum absolute atomic E-state index is 13.4. The van der Waals surface area contributed by atoms with Crippen molar-refractivity contribution in [2.45, 2.75) is 38.0 Å². The van der Waals surface area contributed by atoms with Crippen LogP contribution in [0.5, 0.6) is 0 Å². The summed E-state index contributed by atoms with van der Waals surface area (Å²) < 4.78 is 44.4. The topological polar surface area (TPSA) is 83.5 Å². The fraction of sp³-hybridized carbons (Fsp3) is 0.462. The second-order valence-corrected chi connectivity index (χ2v) is 9.96. The molecule has 4 heterocycles. The molecule has 2 aromatic heterocycles. The van der Waals surface area contributed by atoms with Gasteiger partial charge in [0.1, 0.15) is 5.82 Å². The van der Waals surface area contributed by atoms with Crippen molar-refractivity contribution in [1.82, 2.24) is 25.2 Å². The van der Waals surface area contributed by atoms with Crippen molar-refractivity contribution in [3.63, 3.8) is 0 Å². The van der Waals surface area contributed by atoms with E-state index in [4.69, 9.17) is 21.3 Å². The van der Waals surface area contributed by atoms with Gasteiger partial charge in [-0.3, -0.25) is 9.69 Å². The molecule has 12 heteroatoms. The van der Waals surface area contributed by atoms with E-state index in [1.54, 1.807) is 12.1 Å². The molecule has 0 radical (unpaired) electrons. The number of anilines is 1. The van der Waals surface area contributed by atoms with Crippen LogP contribution in [0, 0.1) is 0 Å². The van der Waals surface area contributed by atoms with E-state index in [0.29, 0.717) is 59.4 Å². The van der Waals surface area contributed by atoms with Gasteiger partial charge >= 0.3 is 6.18 Å². The fourth-order valence-electron chi connectivity index (χ4n) is 5.11. The molecule has 2 fully saturated rings. The molecule has 1 aromatic carbocycles. The Morgan fingerprint density at radius 1 is 1.16 bits per heavy atom. The molecular weight excluding hydrogens is 521 g/mol. The molecule has 38 heavy (non-hydrogen) atoms. The van der Waals surface area contributed by atoms with Crippen molar-refractivity contribution in [3.05, 3.63) is 58.6 Å². The number of rotatable bonds is 6. The summed E-state index contributed by atoms with van der Waals surface area (Å²) in [5.74, 6) is -0.731.